The summed E-state index contributed by atoms with van der Waals surface area (Å²) < 4.78 is 7.61. The summed E-state index contributed by atoms with van der Waals surface area (Å²) >= 11 is 0. The van der Waals surface area contributed by atoms with Crippen LogP contribution in [-0.4, -0.2) is 55.7 Å². The van der Waals surface area contributed by atoms with Crippen molar-refractivity contribution in [1.29, 1.82) is 0 Å². The second kappa shape index (κ2) is 10.2. The molecule has 0 radical (unpaired) electrons. The number of methoxy groups -OCH3 is 1. The largest absolute Gasteiger partial charge is 0.494 e. The Bertz CT molecular complexity index is 1500. The van der Waals surface area contributed by atoms with Gasteiger partial charge < -0.3 is 25.3 Å². The summed E-state index contributed by atoms with van der Waals surface area (Å²) in [6.45, 7) is 2.65. The summed E-state index contributed by atoms with van der Waals surface area (Å²) in [4.78, 5) is 22.6. The Kier molecular flexibility index (Phi) is 6.30. The monoisotopic (exact) mass is 493 g/mol. The van der Waals surface area contributed by atoms with E-state index in [2.05, 4.69) is 43.0 Å². The number of hydrogen-bond donors (Lipinski definition) is 3. The summed E-state index contributed by atoms with van der Waals surface area (Å²) in [7, 11) is 1.64. The molecule has 0 unspecified atom stereocenters. The number of rotatable bonds is 8. The minimum absolute atomic E-state index is 0.287. The van der Waals surface area contributed by atoms with Gasteiger partial charge in [0.25, 0.3) is 0 Å². The van der Waals surface area contributed by atoms with Crippen LogP contribution in [0.15, 0.2) is 73.7 Å². The van der Waals surface area contributed by atoms with Gasteiger partial charge in [-0.2, -0.15) is 0 Å². The quantitative estimate of drug-likeness (QED) is 0.296. The van der Waals surface area contributed by atoms with Gasteiger partial charge in [-0.1, -0.05) is 12.1 Å². The zero-order valence-corrected chi connectivity index (χ0v) is 20.4. The lowest BCUT2D eigenvalue weighted by Crippen LogP contribution is -2.23. The topological polar surface area (TPSA) is 115 Å². The molecule has 5 aromatic rings. The molecule has 10 nitrogen and oxygen atoms in total. The molecule has 10 heteroatoms. The molecule has 1 saturated heterocycles. The van der Waals surface area contributed by atoms with E-state index in [9.17, 15) is 0 Å². The van der Waals surface area contributed by atoms with Crippen LogP contribution in [0.5, 0.6) is 5.75 Å². The summed E-state index contributed by atoms with van der Waals surface area (Å²) in [5.74, 6) is 2.69. The molecule has 0 amide bonds. The summed E-state index contributed by atoms with van der Waals surface area (Å²) in [6.07, 6.45) is 11.8. The third kappa shape index (κ3) is 5.05. The van der Waals surface area contributed by atoms with Gasteiger partial charge in [0.15, 0.2) is 5.82 Å². The van der Waals surface area contributed by atoms with Crippen LogP contribution in [0.1, 0.15) is 12.0 Å². The number of imidazole rings is 1. The Balaban J connectivity index is 1.28. The second-order valence-electron chi connectivity index (χ2n) is 8.95. The molecule has 5 heterocycles. The van der Waals surface area contributed by atoms with Crippen LogP contribution in [0.3, 0.4) is 0 Å². The molecule has 1 atom stereocenters. The van der Waals surface area contributed by atoms with Crippen molar-refractivity contribution in [2.75, 3.05) is 30.8 Å². The van der Waals surface area contributed by atoms with Gasteiger partial charge in [0.1, 0.15) is 17.4 Å². The number of anilines is 3. The van der Waals surface area contributed by atoms with E-state index < -0.39 is 0 Å². The number of hydrogen-bond acceptors (Lipinski definition) is 9. The van der Waals surface area contributed by atoms with Crippen LogP contribution in [0.25, 0.3) is 22.3 Å². The summed E-state index contributed by atoms with van der Waals surface area (Å²) in [5.41, 5.74) is 3.71. The maximum atomic E-state index is 5.58. The van der Waals surface area contributed by atoms with Crippen LogP contribution in [0, 0.1) is 0 Å². The zero-order chi connectivity index (χ0) is 25.0. The SMILES string of the molecule is COc1cncc2nc(-c3ccnc(Nc4ccc(Cn5ccnc5)cc4)c3)nc(N[C@@H]3CCNC3)c12. The van der Waals surface area contributed by atoms with E-state index in [1.54, 1.807) is 31.9 Å². The average Bonchev–Trinajstić information content (AvgIpc) is 3.64. The highest BCUT2D eigenvalue weighted by molar-refractivity contribution is 5.95. The summed E-state index contributed by atoms with van der Waals surface area (Å²) in [5, 5.41) is 11.2. The Hall–Kier alpha value is -4.57. The van der Waals surface area contributed by atoms with Gasteiger partial charge in [0.2, 0.25) is 0 Å². The van der Waals surface area contributed by atoms with Gasteiger partial charge >= 0.3 is 0 Å². The number of aromatic nitrogens is 6. The maximum Gasteiger partial charge on any atom is 0.162 e. The number of nitrogens with one attached hydrogen (secondary N) is 3. The normalized spacial score (nSPS) is 15.1. The minimum atomic E-state index is 0.287. The lowest BCUT2D eigenvalue weighted by molar-refractivity contribution is 0.418. The first-order chi connectivity index (χ1) is 18.2. The highest BCUT2D eigenvalue weighted by Gasteiger charge is 2.20. The molecule has 186 valence electrons. The van der Waals surface area contributed by atoms with Gasteiger partial charge in [0.05, 0.1) is 36.7 Å². The predicted molar refractivity (Wildman–Crippen MR) is 143 cm³/mol. The minimum Gasteiger partial charge on any atom is -0.494 e. The van der Waals surface area contributed by atoms with Gasteiger partial charge in [-0.05, 0) is 42.8 Å². The molecule has 0 bridgehead atoms. The van der Waals surface area contributed by atoms with Crippen LogP contribution in [0.2, 0.25) is 0 Å². The van der Waals surface area contributed by atoms with Crippen LogP contribution >= 0.6 is 0 Å². The first-order valence-electron chi connectivity index (χ1n) is 12.2. The molecular formula is C27H27N9O. The van der Waals surface area contributed by atoms with Crippen molar-refractivity contribution in [2.24, 2.45) is 0 Å². The standard InChI is InChI=1S/C27H27N9O/c1-37-23-15-30-14-22-25(23)27(33-21-7-8-28-13-21)35-26(34-22)19-6-9-31-24(12-19)32-20-4-2-18(3-5-20)16-36-11-10-29-17-36/h2-6,9-12,14-15,17,21,28H,7-8,13,16H2,1H3,(H,31,32)(H,33,34,35)/t21-/m1/s1. The van der Waals surface area contributed by atoms with E-state index in [1.165, 1.54) is 5.56 Å². The molecule has 6 rings (SSSR count). The van der Waals surface area contributed by atoms with E-state index in [4.69, 9.17) is 14.7 Å². The highest BCUT2D eigenvalue weighted by atomic mass is 16.5. The molecule has 1 fully saturated rings. The van der Waals surface area contributed by atoms with Crippen LogP contribution in [-0.2, 0) is 6.54 Å². The zero-order valence-electron chi connectivity index (χ0n) is 20.4. The number of pyridine rings is 2. The fraction of sp³-hybridized carbons (Fsp3) is 0.222. The first kappa shape index (κ1) is 22.9. The van der Waals surface area contributed by atoms with E-state index in [1.807, 2.05) is 41.4 Å². The van der Waals surface area contributed by atoms with Crippen molar-refractivity contribution in [2.45, 2.75) is 19.0 Å². The van der Waals surface area contributed by atoms with Crippen molar-refractivity contribution in [3.8, 4) is 17.1 Å². The van der Waals surface area contributed by atoms with Crippen molar-refractivity contribution in [3.63, 3.8) is 0 Å². The maximum absolute atomic E-state index is 5.58. The van der Waals surface area contributed by atoms with E-state index in [0.29, 0.717) is 17.4 Å². The van der Waals surface area contributed by atoms with Gasteiger partial charge in [-0.3, -0.25) is 4.98 Å². The number of benzene rings is 1. The number of nitrogens with zero attached hydrogens (tertiary/aromatic N) is 6. The van der Waals surface area contributed by atoms with Gasteiger partial charge in [0, 0.05) is 49.0 Å². The Morgan fingerprint density at radius 2 is 2.00 bits per heavy atom. The van der Waals surface area contributed by atoms with E-state index in [-0.39, 0.29) is 6.04 Å². The molecular weight excluding hydrogens is 466 g/mol. The van der Waals surface area contributed by atoms with Crippen molar-refractivity contribution in [1.82, 2.24) is 34.8 Å². The van der Waals surface area contributed by atoms with Crippen LogP contribution in [0.4, 0.5) is 17.3 Å². The van der Waals surface area contributed by atoms with Crippen molar-refractivity contribution < 1.29 is 4.74 Å². The van der Waals surface area contributed by atoms with E-state index >= 15 is 0 Å². The molecule has 1 aromatic carbocycles. The molecule has 0 saturated carbocycles. The molecule has 0 aliphatic carbocycles. The van der Waals surface area contributed by atoms with Crippen molar-refractivity contribution in [3.05, 3.63) is 79.3 Å². The van der Waals surface area contributed by atoms with E-state index in [0.717, 1.165) is 54.0 Å². The first-order valence-corrected chi connectivity index (χ1v) is 12.2. The number of ether oxygens (including phenoxy) is 1. The Morgan fingerprint density at radius 3 is 2.78 bits per heavy atom. The molecule has 4 aromatic heterocycles. The van der Waals surface area contributed by atoms with Gasteiger partial charge in [-0.15, -0.1) is 0 Å². The van der Waals surface area contributed by atoms with Crippen LogP contribution < -0.4 is 20.7 Å². The number of fused-ring (bicyclic) bond motifs is 1. The van der Waals surface area contributed by atoms with Crippen molar-refractivity contribution >= 4 is 28.2 Å². The molecule has 1 aliphatic rings. The fourth-order valence-corrected chi connectivity index (χ4v) is 4.48. The summed E-state index contributed by atoms with van der Waals surface area (Å²) in [6, 6.07) is 12.4. The Morgan fingerprint density at radius 1 is 1.08 bits per heavy atom. The molecule has 3 N–H and O–H groups in total. The molecule has 37 heavy (non-hydrogen) atoms. The van der Waals surface area contributed by atoms with Gasteiger partial charge in [-0.25, -0.2) is 19.9 Å². The third-order valence-electron chi connectivity index (χ3n) is 6.36. The highest BCUT2D eigenvalue weighted by Crippen LogP contribution is 2.32. The second-order valence-corrected chi connectivity index (χ2v) is 8.95. The molecule has 0 spiro atoms. The lowest BCUT2D eigenvalue weighted by atomic mass is 10.2. The Labute approximate surface area is 214 Å². The fourth-order valence-electron chi connectivity index (χ4n) is 4.48. The third-order valence-corrected chi connectivity index (χ3v) is 6.36. The smallest absolute Gasteiger partial charge is 0.162 e. The molecule has 1 aliphatic heterocycles. The lowest BCUT2D eigenvalue weighted by Gasteiger charge is -2.16. The predicted octanol–water partition coefficient (Wildman–Crippen LogP) is 3.86. The average molecular weight is 494 g/mol.